The van der Waals surface area contributed by atoms with Crippen LogP contribution < -0.4 is 5.01 Å². The van der Waals surface area contributed by atoms with E-state index >= 15 is 0 Å². The Morgan fingerprint density at radius 3 is 2.20 bits per heavy atom. The Hall–Kier alpha value is -4.01. The van der Waals surface area contributed by atoms with E-state index < -0.39 is 29.8 Å². The molecule has 0 aliphatic carbocycles. The number of imide groups is 1. The van der Waals surface area contributed by atoms with Gasteiger partial charge in [0.15, 0.2) is 6.04 Å². The summed E-state index contributed by atoms with van der Waals surface area (Å²) in [5, 5.41) is 5.99. The van der Waals surface area contributed by atoms with Gasteiger partial charge in [-0.2, -0.15) is 5.10 Å². The van der Waals surface area contributed by atoms with Gasteiger partial charge < -0.3 is 9.57 Å². The van der Waals surface area contributed by atoms with Crippen molar-refractivity contribution in [2.24, 2.45) is 5.10 Å². The number of hydrogen-bond acceptors (Lipinski definition) is 8. The Kier molecular flexibility index (Phi) is 5.01. The lowest BCUT2D eigenvalue weighted by Crippen LogP contribution is -2.42. The minimum atomic E-state index is -1.05. The fraction of sp³-hybridized carbons (Fsp3) is 0.190. The monoisotopic (exact) mass is 407 g/mol. The molecular weight excluding hydrogens is 390 g/mol. The molecule has 0 saturated heterocycles. The summed E-state index contributed by atoms with van der Waals surface area (Å²) >= 11 is 0. The number of anilines is 1. The van der Waals surface area contributed by atoms with Gasteiger partial charge >= 0.3 is 11.9 Å². The van der Waals surface area contributed by atoms with Crippen LogP contribution in [0.5, 0.6) is 0 Å². The van der Waals surface area contributed by atoms with Crippen LogP contribution in [0, 0.1) is 0 Å². The van der Waals surface area contributed by atoms with Crippen molar-refractivity contribution in [3.05, 3.63) is 65.7 Å². The molecule has 2 aromatic carbocycles. The fourth-order valence-corrected chi connectivity index (χ4v) is 3.25. The molecule has 1 unspecified atom stereocenters. The predicted octanol–water partition coefficient (Wildman–Crippen LogP) is 1.94. The lowest BCUT2D eigenvalue weighted by Gasteiger charge is -2.23. The molecule has 2 amide bonds. The Morgan fingerprint density at radius 1 is 1.00 bits per heavy atom. The van der Waals surface area contributed by atoms with Crippen LogP contribution in [0.3, 0.4) is 0 Å². The molecule has 9 nitrogen and oxygen atoms in total. The summed E-state index contributed by atoms with van der Waals surface area (Å²) in [7, 11) is 0. The quantitative estimate of drug-likeness (QED) is 0.551. The first-order valence-corrected chi connectivity index (χ1v) is 9.29. The first kappa shape index (κ1) is 19.3. The van der Waals surface area contributed by atoms with E-state index in [1.54, 1.807) is 49.4 Å². The van der Waals surface area contributed by atoms with Crippen molar-refractivity contribution in [1.82, 2.24) is 5.06 Å². The van der Waals surface area contributed by atoms with E-state index in [0.29, 0.717) is 10.8 Å². The van der Waals surface area contributed by atoms with Crippen molar-refractivity contribution < 1.29 is 28.8 Å². The molecule has 0 bridgehead atoms. The van der Waals surface area contributed by atoms with Crippen LogP contribution in [-0.2, 0) is 19.2 Å². The van der Waals surface area contributed by atoms with Crippen molar-refractivity contribution in [1.29, 1.82) is 0 Å². The maximum atomic E-state index is 12.9. The lowest BCUT2D eigenvalue weighted by atomic mass is 10.1. The van der Waals surface area contributed by atoms with Gasteiger partial charge in [0.1, 0.15) is 5.71 Å². The average molecular weight is 407 g/mol. The van der Waals surface area contributed by atoms with Gasteiger partial charge in [0.25, 0.3) is 11.8 Å². The zero-order valence-electron chi connectivity index (χ0n) is 16.0. The number of amides is 2. The summed E-state index contributed by atoms with van der Waals surface area (Å²) < 4.78 is 4.98. The number of benzene rings is 2. The first-order valence-electron chi connectivity index (χ1n) is 9.29. The summed E-state index contributed by atoms with van der Waals surface area (Å²) in [6, 6.07) is 13.9. The molecule has 0 spiro atoms. The highest BCUT2D eigenvalue weighted by Gasteiger charge is 2.43. The van der Waals surface area contributed by atoms with Gasteiger partial charge in [-0.1, -0.05) is 35.4 Å². The van der Waals surface area contributed by atoms with Gasteiger partial charge in [0.05, 0.1) is 23.4 Å². The molecule has 0 N–H and O–H groups in total. The van der Waals surface area contributed by atoms with Crippen LogP contribution in [0.4, 0.5) is 5.69 Å². The third-order valence-electron chi connectivity index (χ3n) is 4.65. The molecule has 2 aromatic rings. The van der Waals surface area contributed by atoms with Crippen molar-refractivity contribution in [3.8, 4) is 0 Å². The van der Waals surface area contributed by atoms with Crippen molar-refractivity contribution >= 4 is 35.2 Å². The van der Waals surface area contributed by atoms with E-state index in [1.807, 2.05) is 0 Å². The number of rotatable bonds is 5. The van der Waals surface area contributed by atoms with E-state index in [4.69, 9.17) is 9.57 Å². The standard InChI is InChI=1S/C21H17N3O6/c1-2-29-20(27)16-12-17(23(22-16)13-8-4-3-5-9-13)21(28)30-24-18(25)14-10-6-7-11-15(14)19(24)26/h3-11,17H,2,12H2,1H3. The number of hydrazone groups is 1. The van der Waals surface area contributed by atoms with Gasteiger partial charge in [-0.25, -0.2) is 9.59 Å². The molecule has 0 fully saturated rings. The van der Waals surface area contributed by atoms with Crippen molar-refractivity contribution in [2.75, 3.05) is 11.6 Å². The van der Waals surface area contributed by atoms with E-state index in [9.17, 15) is 19.2 Å². The second-order valence-electron chi connectivity index (χ2n) is 6.53. The van der Waals surface area contributed by atoms with Crippen LogP contribution in [0.1, 0.15) is 34.1 Å². The van der Waals surface area contributed by atoms with E-state index in [2.05, 4.69) is 5.10 Å². The topological polar surface area (TPSA) is 106 Å². The zero-order valence-corrected chi connectivity index (χ0v) is 16.0. The smallest absolute Gasteiger partial charge is 0.357 e. The number of para-hydroxylation sites is 1. The summed E-state index contributed by atoms with van der Waals surface area (Å²) in [4.78, 5) is 55.2. The summed E-state index contributed by atoms with van der Waals surface area (Å²) in [5.41, 5.74) is 0.904. The maximum Gasteiger partial charge on any atom is 0.357 e. The van der Waals surface area contributed by atoms with Crippen LogP contribution in [0.25, 0.3) is 0 Å². The molecule has 4 rings (SSSR count). The summed E-state index contributed by atoms with van der Waals surface area (Å²) in [6.45, 7) is 1.82. The molecule has 30 heavy (non-hydrogen) atoms. The maximum absolute atomic E-state index is 12.9. The number of ether oxygens (including phenoxy) is 1. The van der Waals surface area contributed by atoms with E-state index in [0.717, 1.165) is 0 Å². The SMILES string of the molecule is CCOC(=O)C1=NN(c2ccccc2)C(C(=O)ON2C(=O)c3ccccc3C2=O)C1. The Bertz CT molecular complexity index is 1030. The Labute approximate surface area is 171 Å². The van der Waals surface area contributed by atoms with Gasteiger partial charge in [0.2, 0.25) is 0 Å². The summed E-state index contributed by atoms with van der Waals surface area (Å²) in [6.07, 6.45) is -0.0876. The normalized spacial score (nSPS) is 17.6. The largest absolute Gasteiger partial charge is 0.461 e. The molecule has 2 aliphatic heterocycles. The minimum Gasteiger partial charge on any atom is -0.461 e. The van der Waals surface area contributed by atoms with Crippen molar-refractivity contribution in [3.63, 3.8) is 0 Å². The Morgan fingerprint density at radius 2 is 1.60 bits per heavy atom. The summed E-state index contributed by atoms with van der Waals surface area (Å²) in [5.74, 6) is -2.98. The van der Waals surface area contributed by atoms with Crippen LogP contribution in [0.2, 0.25) is 0 Å². The number of fused-ring (bicyclic) bond motifs is 1. The minimum absolute atomic E-state index is 0.0463. The molecular formula is C21H17N3O6. The molecule has 0 aromatic heterocycles. The Balaban J connectivity index is 1.58. The van der Waals surface area contributed by atoms with Gasteiger partial charge in [-0.3, -0.25) is 14.6 Å². The van der Waals surface area contributed by atoms with E-state index in [1.165, 1.54) is 17.1 Å². The number of carbonyl (C=O) groups is 4. The molecule has 0 radical (unpaired) electrons. The lowest BCUT2D eigenvalue weighted by molar-refractivity contribution is -0.169. The zero-order chi connectivity index (χ0) is 21.3. The predicted molar refractivity (Wildman–Crippen MR) is 104 cm³/mol. The number of hydroxylamine groups is 2. The molecule has 2 heterocycles. The third-order valence-corrected chi connectivity index (χ3v) is 4.65. The van der Waals surface area contributed by atoms with Gasteiger partial charge in [0, 0.05) is 6.42 Å². The molecule has 2 aliphatic rings. The molecule has 0 saturated carbocycles. The highest BCUT2D eigenvalue weighted by Crippen LogP contribution is 2.28. The number of hydrogen-bond donors (Lipinski definition) is 0. The highest BCUT2D eigenvalue weighted by molar-refractivity contribution is 6.38. The molecule has 1 atom stereocenters. The third kappa shape index (κ3) is 3.30. The second-order valence-corrected chi connectivity index (χ2v) is 6.53. The second kappa shape index (κ2) is 7.78. The van der Waals surface area contributed by atoms with Crippen molar-refractivity contribution in [2.45, 2.75) is 19.4 Å². The average Bonchev–Trinajstić information content (AvgIpc) is 3.31. The number of nitrogens with zero attached hydrogens (tertiary/aromatic N) is 3. The number of esters is 1. The van der Waals surface area contributed by atoms with Gasteiger partial charge in [-0.05, 0) is 31.2 Å². The number of carbonyl (C=O) groups excluding carboxylic acids is 4. The van der Waals surface area contributed by atoms with E-state index in [-0.39, 0.29) is 29.9 Å². The van der Waals surface area contributed by atoms with Gasteiger partial charge in [-0.15, -0.1) is 0 Å². The van der Waals surface area contributed by atoms with Crippen LogP contribution in [0.15, 0.2) is 59.7 Å². The fourth-order valence-electron chi connectivity index (χ4n) is 3.25. The highest BCUT2D eigenvalue weighted by atomic mass is 16.7. The first-order chi connectivity index (χ1) is 14.5. The van der Waals surface area contributed by atoms with Crippen LogP contribution in [-0.4, -0.2) is 47.2 Å². The molecule has 152 valence electrons. The van der Waals surface area contributed by atoms with Crippen LogP contribution >= 0.6 is 0 Å². The molecule has 9 heteroatoms.